The van der Waals surface area contributed by atoms with Crippen molar-refractivity contribution in [3.05, 3.63) is 65.2 Å². The van der Waals surface area contributed by atoms with Crippen LogP contribution in [0.25, 0.3) is 0 Å². The molecule has 0 aromatic heterocycles. The minimum Gasteiger partial charge on any atom is -0.482 e. The predicted octanol–water partition coefficient (Wildman–Crippen LogP) is 2.70. The van der Waals surface area contributed by atoms with Gasteiger partial charge in [0.05, 0.1) is 12.8 Å². The molecule has 2 aromatic carbocycles. The molecule has 0 radical (unpaired) electrons. The SMILES string of the molecule is CCOC(=O)COc1cccc(/C=N/NC(=O)c2ccccc2C)c1. The van der Waals surface area contributed by atoms with Gasteiger partial charge in [-0.15, -0.1) is 0 Å². The lowest BCUT2D eigenvalue weighted by atomic mass is 10.1. The van der Waals surface area contributed by atoms with E-state index in [1.165, 1.54) is 6.21 Å². The Balaban J connectivity index is 1.93. The van der Waals surface area contributed by atoms with Crippen molar-refractivity contribution in [3.8, 4) is 5.75 Å². The molecule has 0 heterocycles. The Morgan fingerprint density at radius 3 is 2.72 bits per heavy atom. The number of hydrogen-bond donors (Lipinski definition) is 1. The molecule has 6 heteroatoms. The van der Waals surface area contributed by atoms with E-state index in [9.17, 15) is 9.59 Å². The maximum atomic E-state index is 12.1. The van der Waals surface area contributed by atoms with Crippen molar-refractivity contribution < 1.29 is 19.1 Å². The van der Waals surface area contributed by atoms with Crippen LogP contribution in [0.2, 0.25) is 0 Å². The first kappa shape index (κ1) is 18.2. The first-order valence-corrected chi connectivity index (χ1v) is 7.87. The molecule has 130 valence electrons. The minimum absolute atomic E-state index is 0.154. The maximum Gasteiger partial charge on any atom is 0.344 e. The lowest BCUT2D eigenvalue weighted by Gasteiger charge is -2.06. The number of rotatable bonds is 7. The Morgan fingerprint density at radius 1 is 1.16 bits per heavy atom. The van der Waals surface area contributed by atoms with Gasteiger partial charge in [0.2, 0.25) is 0 Å². The van der Waals surface area contributed by atoms with E-state index in [2.05, 4.69) is 10.5 Å². The Bertz CT molecular complexity index is 772. The zero-order valence-electron chi connectivity index (χ0n) is 14.2. The predicted molar refractivity (Wildman–Crippen MR) is 94.8 cm³/mol. The average Bonchev–Trinajstić information content (AvgIpc) is 2.61. The molecule has 0 saturated heterocycles. The van der Waals surface area contributed by atoms with Crippen LogP contribution in [0.3, 0.4) is 0 Å². The first-order valence-electron chi connectivity index (χ1n) is 7.87. The lowest BCUT2D eigenvalue weighted by Crippen LogP contribution is -2.18. The Labute approximate surface area is 146 Å². The highest BCUT2D eigenvalue weighted by Crippen LogP contribution is 2.12. The second kappa shape index (κ2) is 9.22. The molecule has 2 rings (SSSR count). The van der Waals surface area contributed by atoms with Gasteiger partial charge in [-0.2, -0.15) is 5.10 Å². The molecule has 1 amide bonds. The standard InChI is InChI=1S/C19H20N2O4/c1-3-24-18(22)13-25-16-9-6-8-15(11-16)12-20-21-19(23)17-10-5-4-7-14(17)2/h4-12H,3,13H2,1-2H3,(H,21,23)/b20-12+. The summed E-state index contributed by atoms with van der Waals surface area (Å²) in [4.78, 5) is 23.4. The maximum absolute atomic E-state index is 12.1. The van der Waals surface area contributed by atoms with Crippen LogP contribution in [0.1, 0.15) is 28.4 Å². The van der Waals surface area contributed by atoms with Gasteiger partial charge in [-0.05, 0) is 43.2 Å². The van der Waals surface area contributed by atoms with Crippen LogP contribution in [0.5, 0.6) is 5.75 Å². The van der Waals surface area contributed by atoms with Gasteiger partial charge in [-0.25, -0.2) is 10.2 Å². The Kier molecular flexibility index (Phi) is 6.71. The number of aryl methyl sites for hydroxylation is 1. The average molecular weight is 340 g/mol. The molecule has 0 unspecified atom stereocenters. The number of ether oxygens (including phenoxy) is 2. The molecule has 2 aromatic rings. The minimum atomic E-state index is -0.424. The molecule has 0 saturated carbocycles. The smallest absolute Gasteiger partial charge is 0.344 e. The largest absolute Gasteiger partial charge is 0.482 e. The zero-order valence-corrected chi connectivity index (χ0v) is 14.2. The van der Waals surface area contributed by atoms with Crippen molar-refractivity contribution in [2.75, 3.05) is 13.2 Å². The van der Waals surface area contributed by atoms with Crippen LogP contribution in [0.4, 0.5) is 0 Å². The monoisotopic (exact) mass is 340 g/mol. The quantitative estimate of drug-likeness (QED) is 0.478. The summed E-state index contributed by atoms with van der Waals surface area (Å²) in [7, 11) is 0. The number of amides is 1. The van der Waals surface area contributed by atoms with Crippen LogP contribution in [0.15, 0.2) is 53.6 Å². The topological polar surface area (TPSA) is 77.0 Å². The van der Waals surface area contributed by atoms with Gasteiger partial charge >= 0.3 is 5.97 Å². The van der Waals surface area contributed by atoms with Gasteiger partial charge in [-0.1, -0.05) is 30.3 Å². The lowest BCUT2D eigenvalue weighted by molar-refractivity contribution is -0.145. The van der Waals surface area contributed by atoms with Gasteiger partial charge in [0.15, 0.2) is 6.61 Å². The van der Waals surface area contributed by atoms with E-state index in [0.717, 1.165) is 11.1 Å². The molecular weight excluding hydrogens is 320 g/mol. The van der Waals surface area contributed by atoms with E-state index in [-0.39, 0.29) is 12.5 Å². The van der Waals surface area contributed by atoms with Crippen molar-refractivity contribution in [2.24, 2.45) is 5.10 Å². The summed E-state index contributed by atoms with van der Waals surface area (Å²) < 4.78 is 10.1. The third kappa shape index (κ3) is 5.76. The molecule has 0 aliphatic heterocycles. The summed E-state index contributed by atoms with van der Waals surface area (Å²) in [5.41, 5.74) is 4.67. The van der Waals surface area contributed by atoms with Crippen molar-refractivity contribution in [2.45, 2.75) is 13.8 Å². The van der Waals surface area contributed by atoms with Crippen molar-refractivity contribution in [3.63, 3.8) is 0 Å². The molecule has 0 aliphatic rings. The molecule has 0 aliphatic carbocycles. The molecule has 25 heavy (non-hydrogen) atoms. The van der Waals surface area contributed by atoms with E-state index >= 15 is 0 Å². The number of hydrogen-bond acceptors (Lipinski definition) is 5. The molecule has 0 atom stereocenters. The number of nitrogens with zero attached hydrogens (tertiary/aromatic N) is 1. The summed E-state index contributed by atoms with van der Waals surface area (Å²) in [5, 5.41) is 3.95. The first-order chi connectivity index (χ1) is 12.1. The fourth-order valence-electron chi connectivity index (χ4n) is 2.08. The van der Waals surface area contributed by atoms with Crippen molar-refractivity contribution >= 4 is 18.1 Å². The highest BCUT2D eigenvalue weighted by Gasteiger charge is 2.06. The number of nitrogens with one attached hydrogen (secondary N) is 1. The van der Waals surface area contributed by atoms with Crippen LogP contribution < -0.4 is 10.2 Å². The molecule has 0 bridgehead atoms. The van der Waals surface area contributed by atoms with E-state index in [1.54, 1.807) is 43.3 Å². The Morgan fingerprint density at radius 2 is 1.96 bits per heavy atom. The van der Waals surface area contributed by atoms with E-state index < -0.39 is 5.97 Å². The molecule has 0 spiro atoms. The Hall–Kier alpha value is -3.15. The number of carbonyl (C=O) groups excluding carboxylic acids is 2. The van der Waals surface area contributed by atoms with E-state index in [0.29, 0.717) is 17.9 Å². The highest BCUT2D eigenvalue weighted by molar-refractivity contribution is 5.96. The van der Waals surface area contributed by atoms with Gasteiger partial charge in [-0.3, -0.25) is 4.79 Å². The van der Waals surface area contributed by atoms with E-state index in [4.69, 9.17) is 9.47 Å². The summed E-state index contributed by atoms with van der Waals surface area (Å²) in [6.45, 7) is 3.76. The summed E-state index contributed by atoms with van der Waals surface area (Å²) in [5.74, 6) is -0.182. The number of esters is 1. The van der Waals surface area contributed by atoms with Crippen molar-refractivity contribution in [1.29, 1.82) is 0 Å². The normalized spacial score (nSPS) is 10.5. The van der Waals surface area contributed by atoms with Gasteiger partial charge in [0.1, 0.15) is 5.75 Å². The van der Waals surface area contributed by atoms with E-state index in [1.807, 2.05) is 19.1 Å². The molecule has 1 N–H and O–H groups in total. The van der Waals surface area contributed by atoms with Crippen LogP contribution in [-0.4, -0.2) is 31.3 Å². The van der Waals surface area contributed by atoms with Crippen molar-refractivity contribution in [1.82, 2.24) is 5.43 Å². The van der Waals surface area contributed by atoms with Gasteiger partial charge in [0, 0.05) is 5.56 Å². The molecule has 0 fully saturated rings. The second-order valence-corrected chi connectivity index (χ2v) is 5.18. The second-order valence-electron chi connectivity index (χ2n) is 5.18. The van der Waals surface area contributed by atoms with Crippen LogP contribution in [0, 0.1) is 6.92 Å². The molecular formula is C19H20N2O4. The third-order valence-electron chi connectivity index (χ3n) is 3.29. The van der Waals surface area contributed by atoms with Gasteiger partial charge in [0.25, 0.3) is 5.91 Å². The zero-order chi connectivity index (χ0) is 18.1. The molecule has 6 nitrogen and oxygen atoms in total. The number of benzene rings is 2. The van der Waals surface area contributed by atoms with Gasteiger partial charge < -0.3 is 9.47 Å². The summed E-state index contributed by atoms with van der Waals surface area (Å²) in [6, 6.07) is 14.3. The highest BCUT2D eigenvalue weighted by atomic mass is 16.6. The summed E-state index contributed by atoms with van der Waals surface area (Å²) >= 11 is 0. The van der Waals surface area contributed by atoms with Crippen LogP contribution in [-0.2, 0) is 9.53 Å². The number of hydrazone groups is 1. The fraction of sp³-hybridized carbons (Fsp3) is 0.211. The summed E-state index contributed by atoms with van der Waals surface area (Å²) in [6.07, 6.45) is 1.51. The fourth-order valence-corrected chi connectivity index (χ4v) is 2.08. The third-order valence-corrected chi connectivity index (χ3v) is 3.29. The number of carbonyl (C=O) groups is 2. The van der Waals surface area contributed by atoms with Crippen LogP contribution >= 0.6 is 0 Å².